The highest BCUT2D eigenvalue weighted by Crippen LogP contribution is 2.27. The predicted octanol–water partition coefficient (Wildman–Crippen LogP) is 2.01. The van der Waals surface area contributed by atoms with E-state index >= 15 is 0 Å². The van der Waals surface area contributed by atoms with Crippen LogP contribution in [-0.4, -0.2) is 37.6 Å². The molecule has 5 nitrogen and oxygen atoms in total. The zero-order valence-corrected chi connectivity index (χ0v) is 11.6. The topological polar surface area (TPSA) is 49.1 Å². The number of hydrogen-bond donors (Lipinski definition) is 0. The lowest BCUT2D eigenvalue weighted by molar-refractivity contribution is -0.239. The third-order valence-corrected chi connectivity index (χ3v) is 2.94. The summed E-state index contributed by atoms with van der Waals surface area (Å²) in [6, 6.07) is -0.297. The average Bonchev–Trinajstić information content (AvgIpc) is 2.29. The van der Waals surface area contributed by atoms with Crippen LogP contribution in [0.3, 0.4) is 0 Å². The van der Waals surface area contributed by atoms with Crippen molar-refractivity contribution in [2.45, 2.75) is 58.7 Å². The molecule has 1 rings (SSSR count). The maximum absolute atomic E-state index is 11.9. The van der Waals surface area contributed by atoms with Crippen molar-refractivity contribution >= 4 is 5.97 Å². The van der Waals surface area contributed by atoms with Gasteiger partial charge in [-0.2, -0.15) is 0 Å². The summed E-state index contributed by atoms with van der Waals surface area (Å²) in [5.74, 6) is -0.309. The standard InChI is InChI=1S/C13H21NO4/c1-8-9(14-5)7-10(11(16-6)17-8)18-12(15)13(2,3)4/h8-11H,7H2,1-4,6H3. The molecule has 0 aliphatic carbocycles. The van der Waals surface area contributed by atoms with E-state index < -0.39 is 17.8 Å². The highest BCUT2D eigenvalue weighted by atomic mass is 16.7. The molecular formula is C13H21NO4. The Balaban J connectivity index is 2.73. The van der Waals surface area contributed by atoms with Gasteiger partial charge >= 0.3 is 5.97 Å². The smallest absolute Gasteiger partial charge is 0.311 e. The molecule has 0 aromatic carbocycles. The molecule has 0 aromatic heterocycles. The van der Waals surface area contributed by atoms with Crippen molar-refractivity contribution in [1.29, 1.82) is 0 Å². The first-order valence-electron chi connectivity index (χ1n) is 6.05. The summed E-state index contributed by atoms with van der Waals surface area (Å²) in [4.78, 5) is 15.4. The summed E-state index contributed by atoms with van der Waals surface area (Å²) >= 11 is 0. The Kier molecular flexibility index (Phi) is 4.71. The SMILES string of the molecule is [C-]#[N+]C1CC(OC(=O)C(C)(C)C)C(OC)OC1C. The van der Waals surface area contributed by atoms with Crippen LogP contribution in [0.2, 0.25) is 0 Å². The van der Waals surface area contributed by atoms with Crippen molar-refractivity contribution in [3.05, 3.63) is 11.4 Å². The van der Waals surface area contributed by atoms with E-state index in [-0.39, 0.29) is 18.1 Å². The molecule has 0 amide bonds. The molecule has 4 atom stereocenters. The van der Waals surface area contributed by atoms with Crippen molar-refractivity contribution in [3.63, 3.8) is 0 Å². The highest BCUT2D eigenvalue weighted by molar-refractivity contribution is 5.75. The average molecular weight is 255 g/mol. The highest BCUT2D eigenvalue weighted by Gasteiger charge is 2.43. The second-order valence-electron chi connectivity index (χ2n) is 5.57. The van der Waals surface area contributed by atoms with Gasteiger partial charge < -0.3 is 19.1 Å². The minimum absolute atomic E-state index is 0.211. The molecule has 1 aliphatic heterocycles. The summed E-state index contributed by atoms with van der Waals surface area (Å²) in [5.41, 5.74) is -0.574. The fourth-order valence-corrected chi connectivity index (χ4v) is 1.71. The molecule has 0 saturated carbocycles. The van der Waals surface area contributed by atoms with E-state index in [2.05, 4.69) is 4.85 Å². The van der Waals surface area contributed by atoms with Crippen LogP contribution < -0.4 is 0 Å². The van der Waals surface area contributed by atoms with E-state index in [4.69, 9.17) is 20.8 Å². The molecule has 1 aliphatic rings. The number of hydrogen-bond acceptors (Lipinski definition) is 4. The molecule has 0 bridgehead atoms. The summed E-state index contributed by atoms with van der Waals surface area (Å²) in [5, 5.41) is 0. The number of ether oxygens (including phenoxy) is 3. The van der Waals surface area contributed by atoms with Crippen LogP contribution in [0.1, 0.15) is 34.1 Å². The molecule has 0 spiro atoms. The summed E-state index contributed by atoms with van der Waals surface area (Å²) in [7, 11) is 1.51. The van der Waals surface area contributed by atoms with E-state index in [0.717, 1.165) is 0 Å². The van der Waals surface area contributed by atoms with Crippen molar-refractivity contribution in [2.24, 2.45) is 5.41 Å². The molecule has 4 unspecified atom stereocenters. The number of rotatable bonds is 2. The van der Waals surface area contributed by atoms with E-state index in [1.54, 1.807) is 20.8 Å². The predicted molar refractivity (Wildman–Crippen MR) is 65.7 cm³/mol. The van der Waals surface area contributed by atoms with Crippen LogP contribution in [0, 0.1) is 12.0 Å². The molecule has 1 fully saturated rings. The first kappa shape index (κ1) is 14.9. The number of esters is 1. The fraction of sp³-hybridized carbons (Fsp3) is 0.846. The first-order valence-corrected chi connectivity index (χ1v) is 6.05. The third kappa shape index (κ3) is 3.44. The Bertz CT molecular complexity index is 342. The maximum atomic E-state index is 11.9. The molecule has 102 valence electrons. The molecule has 0 radical (unpaired) electrons. The second kappa shape index (κ2) is 5.68. The third-order valence-electron chi connectivity index (χ3n) is 2.94. The van der Waals surface area contributed by atoms with Gasteiger partial charge in [-0.1, -0.05) is 0 Å². The Morgan fingerprint density at radius 3 is 2.50 bits per heavy atom. The molecule has 0 N–H and O–H groups in total. The first-order chi connectivity index (χ1) is 8.29. The van der Waals surface area contributed by atoms with Crippen molar-refractivity contribution < 1.29 is 19.0 Å². The van der Waals surface area contributed by atoms with Gasteiger partial charge in [-0.3, -0.25) is 4.79 Å². The Morgan fingerprint density at radius 2 is 2.06 bits per heavy atom. The minimum atomic E-state index is -0.593. The van der Waals surface area contributed by atoms with Gasteiger partial charge in [-0.25, -0.2) is 6.57 Å². The Hall–Kier alpha value is -1.12. The normalized spacial score (nSPS) is 32.7. The second-order valence-corrected chi connectivity index (χ2v) is 5.57. The molecule has 5 heteroatoms. The number of nitrogens with zero attached hydrogens (tertiary/aromatic N) is 1. The molecule has 1 saturated heterocycles. The lowest BCUT2D eigenvalue weighted by Gasteiger charge is -2.35. The van der Waals surface area contributed by atoms with E-state index in [0.29, 0.717) is 6.42 Å². The van der Waals surface area contributed by atoms with E-state index in [9.17, 15) is 4.79 Å². The zero-order valence-electron chi connectivity index (χ0n) is 11.6. The number of methoxy groups -OCH3 is 1. The van der Waals surface area contributed by atoms with Gasteiger partial charge in [0.05, 0.1) is 11.8 Å². The Morgan fingerprint density at radius 1 is 1.44 bits per heavy atom. The quantitative estimate of drug-likeness (QED) is 0.559. The summed E-state index contributed by atoms with van der Waals surface area (Å²) in [6.45, 7) is 14.3. The lowest BCUT2D eigenvalue weighted by Crippen LogP contribution is -2.48. The molecule has 0 aromatic rings. The molecule has 1 heterocycles. The van der Waals surface area contributed by atoms with Gasteiger partial charge in [0.2, 0.25) is 0 Å². The summed E-state index contributed by atoms with van der Waals surface area (Å²) < 4.78 is 16.1. The van der Waals surface area contributed by atoms with Crippen LogP contribution in [-0.2, 0) is 19.0 Å². The number of carbonyl (C=O) groups is 1. The molecule has 18 heavy (non-hydrogen) atoms. The monoisotopic (exact) mass is 255 g/mol. The van der Waals surface area contributed by atoms with E-state index in [1.807, 2.05) is 6.92 Å². The van der Waals surface area contributed by atoms with Crippen LogP contribution in [0.5, 0.6) is 0 Å². The van der Waals surface area contributed by atoms with Gasteiger partial charge in [0.25, 0.3) is 6.04 Å². The largest absolute Gasteiger partial charge is 0.456 e. The minimum Gasteiger partial charge on any atom is -0.456 e. The zero-order chi connectivity index (χ0) is 13.9. The van der Waals surface area contributed by atoms with Crippen molar-refractivity contribution in [1.82, 2.24) is 0 Å². The van der Waals surface area contributed by atoms with Crippen LogP contribution >= 0.6 is 0 Å². The van der Waals surface area contributed by atoms with Crippen LogP contribution in [0.25, 0.3) is 4.85 Å². The van der Waals surface area contributed by atoms with Crippen LogP contribution in [0.4, 0.5) is 0 Å². The Labute approximate surface area is 108 Å². The van der Waals surface area contributed by atoms with Crippen LogP contribution in [0.15, 0.2) is 0 Å². The lowest BCUT2D eigenvalue weighted by atomic mass is 9.96. The number of carbonyl (C=O) groups excluding carboxylic acids is 1. The summed E-state index contributed by atoms with van der Waals surface area (Å²) in [6.07, 6.45) is -0.872. The van der Waals surface area contributed by atoms with Gasteiger partial charge in [-0.15, -0.1) is 0 Å². The van der Waals surface area contributed by atoms with Gasteiger partial charge in [-0.05, 0) is 27.7 Å². The fourth-order valence-electron chi connectivity index (χ4n) is 1.71. The maximum Gasteiger partial charge on any atom is 0.311 e. The van der Waals surface area contributed by atoms with Crippen molar-refractivity contribution in [2.75, 3.05) is 7.11 Å². The van der Waals surface area contributed by atoms with Gasteiger partial charge in [0.15, 0.2) is 12.4 Å². The van der Waals surface area contributed by atoms with E-state index in [1.165, 1.54) is 7.11 Å². The molecular weight excluding hydrogens is 234 g/mol. The van der Waals surface area contributed by atoms with Gasteiger partial charge in [0.1, 0.15) is 6.10 Å². The van der Waals surface area contributed by atoms with Gasteiger partial charge in [0, 0.05) is 7.11 Å². The van der Waals surface area contributed by atoms with Crippen molar-refractivity contribution in [3.8, 4) is 0 Å².